The Bertz CT molecular complexity index is 612. The van der Waals surface area contributed by atoms with Gasteiger partial charge in [0.25, 0.3) is 0 Å². The van der Waals surface area contributed by atoms with Gasteiger partial charge < -0.3 is 4.74 Å². The minimum absolute atomic E-state index is 0.193. The fourth-order valence-corrected chi connectivity index (χ4v) is 3.81. The third-order valence-corrected chi connectivity index (χ3v) is 5.00. The first-order valence-corrected chi connectivity index (χ1v) is 8.20. The van der Waals surface area contributed by atoms with Gasteiger partial charge in [-0.1, -0.05) is 50.1 Å². The number of ether oxygens (including phenoxy) is 1. The molecule has 0 saturated carbocycles. The van der Waals surface area contributed by atoms with Crippen molar-refractivity contribution in [1.82, 2.24) is 0 Å². The topological polar surface area (TPSA) is 9.23 Å². The monoisotopic (exact) mass is 396 g/mol. The minimum Gasteiger partial charge on any atom is -0.496 e. The Labute approximate surface area is 137 Å². The number of halogens is 2. The van der Waals surface area contributed by atoms with Crippen LogP contribution in [-0.2, 0) is 0 Å². The maximum atomic E-state index is 5.43. The normalized spacial score (nSPS) is 12.3. The molecule has 0 bridgehead atoms. The van der Waals surface area contributed by atoms with Crippen LogP contribution in [0.15, 0.2) is 34.8 Å². The molecule has 1 nitrogen and oxygen atoms in total. The summed E-state index contributed by atoms with van der Waals surface area (Å²) in [6.45, 7) is 6.31. The van der Waals surface area contributed by atoms with Crippen LogP contribution < -0.4 is 4.74 Å². The first-order valence-electron chi connectivity index (χ1n) is 6.49. The zero-order valence-corrected chi connectivity index (χ0v) is 15.3. The van der Waals surface area contributed by atoms with Gasteiger partial charge in [0.05, 0.1) is 11.9 Å². The van der Waals surface area contributed by atoms with Crippen molar-refractivity contribution in [3.8, 4) is 5.75 Å². The van der Waals surface area contributed by atoms with Crippen LogP contribution in [0.2, 0.25) is 0 Å². The van der Waals surface area contributed by atoms with E-state index in [4.69, 9.17) is 4.74 Å². The van der Waals surface area contributed by atoms with Crippen molar-refractivity contribution >= 4 is 31.9 Å². The van der Waals surface area contributed by atoms with E-state index in [0.717, 1.165) is 10.2 Å². The van der Waals surface area contributed by atoms with Crippen LogP contribution in [0.3, 0.4) is 0 Å². The largest absolute Gasteiger partial charge is 0.496 e. The van der Waals surface area contributed by atoms with E-state index in [0.29, 0.717) is 0 Å². The molecule has 0 aliphatic rings. The molecule has 0 spiro atoms. The molecule has 0 aromatic heterocycles. The molecule has 106 valence electrons. The molecular formula is C17H18Br2O. The van der Waals surface area contributed by atoms with Crippen molar-refractivity contribution in [2.45, 2.75) is 25.6 Å². The van der Waals surface area contributed by atoms with Gasteiger partial charge in [-0.05, 0) is 60.7 Å². The highest BCUT2D eigenvalue weighted by Crippen LogP contribution is 2.37. The van der Waals surface area contributed by atoms with E-state index in [1.165, 1.54) is 27.8 Å². The Balaban J connectivity index is 2.45. The first-order chi connectivity index (χ1) is 9.43. The van der Waals surface area contributed by atoms with Crippen molar-refractivity contribution in [2.24, 2.45) is 0 Å². The van der Waals surface area contributed by atoms with E-state index >= 15 is 0 Å². The van der Waals surface area contributed by atoms with E-state index in [9.17, 15) is 0 Å². The van der Waals surface area contributed by atoms with Gasteiger partial charge in [0.1, 0.15) is 5.75 Å². The number of alkyl halides is 1. The Morgan fingerprint density at radius 2 is 1.55 bits per heavy atom. The summed E-state index contributed by atoms with van der Waals surface area (Å²) < 4.78 is 6.55. The van der Waals surface area contributed by atoms with Crippen molar-refractivity contribution < 1.29 is 4.74 Å². The van der Waals surface area contributed by atoms with Crippen LogP contribution in [0.4, 0.5) is 0 Å². The lowest BCUT2D eigenvalue weighted by Crippen LogP contribution is -1.99. The summed E-state index contributed by atoms with van der Waals surface area (Å²) in [5.41, 5.74) is 6.15. The third kappa shape index (κ3) is 3.09. The summed E-state index contributed by atoms with van der Waals surface area (Å²) >= 11 is 7.34. The molecule has 2 aromatic rings. The number of benzene rings is 2. The van der Waals surface area contributed by atoms with Crippen molar-refractivity contribution in [1.29, 1.82) is 0 Å². The Kier molecular flexibility index (Phi) is 4.92. The predicted molar refractivity (Wildman–Crippen MR) is 92.1 cm³/mol. The van der Waals surface area contributed by atoms with Gasteiger partial charge in [0.15, 0.2) is 0 Å². The molecule has 3 heteroatoms. The van der Waals surface area contributed by atoms with Gasteiger partial charge in [-0.25, -0.2) is 0 Å². The van der Waals surface area contributed by atoms with E-state index in [2.05, 4.69) is 83.0 Å². The van der Waals surface area contributed by atoms with Gasteiger partial charge in [-0.3, -0.25) is 0 Å². The fraction of sp³-hybridized carbons (Fsp3) is 0.294. The summed E-state index contributed by atoms with van der Waals surface area (Å²) in [4.78, 5) is 0.193. The lowest BCUT2D eigenvalue weighted by Gasteiger charge is -2.17. The standard InChI is InChI=1S/C17H18Br2O/c1-10-9-14(18)5-6-15(10)16(19)13-7-11(2)17(20-4)12(3)8-13/h5-9,16H,1-4H3. The second-order valence-electron chi connectivity index (χ2n) is 5.05. The van der Waals surface area contributed by atoms with Gasteiger partial charge in [-0.15, -0.1) is 0 Å². The van der Waals surface area contributed by atoms with Crippen LogP contribution in [-0.4, -0.2) is 7.11 Å². The third-order valence-electron chi connectivity index (χ3n) is 3.48. The van der Waals surface area contributed by atoms with Crippen LogP contribution in [0.1, 0.15) is 32.6 Å². The zero-order chi connectivity index (χ0) is 14.9. The van der Waals surface area contributed by atoms with Crippen LogP contribution in [0.5, 0.6) is 5.75 Å². The summed E-state index contributed by atoms with van der Waals surface area (Å²) in [6, 6.07) is 10.8. The van der Waals surface area contributed by atoms with Crippen molar-refractivity contribution in [3.05, 3.63) is 62.6 Å². The van der Waals surface area contributed by atoms with E-state index < -0.39 is 0 Å². The molecule has 0 aliphatic heterocycles. The lowest BCUT2D eigenvalue weighted by molar-refractivity contribution is 0.408. The summed E-state index contributed by atoms with van der Waals surface area (Å²) in [5.74, 6) is 0.973. The second kappa shape index (κ2) is 6.31. The summed E-state index contributed by atoms with van der Waals surface area (Å²) in [5, 5.41) is 0. The maximum absolute atomic E-state index is 5.43. The molecule has 2 aromatic carbocycles. The lowest BCUT2D eigenvalue weighted by atomic mass is 9.97. The second-order valence-corrected chi connectivity index (χ2v) is 6.88. The molecule has 1 atom stereocenters. The highest BCUT2D eigenvalue weighted by Gasteiger charge is 2.15. The smallest absolute Gasteiger partial charge is 0.124 e. The molecule has 0 N–H and O–H groups in total. The summed E-state index contributed by atoms with van der Waals surface area (Å²) in [7, 11) is 1.72. The minimum atomic E-state index is 0.193. The molecule has 2 rings (SSSR count). The number of rotatable bonds is 3. The first kappa shape index (κ1) is 15.6. The number of hydrogen-bond acceptors (Lipinski definition) is 1. The Morgan fingerprint density at radius 3 is 2.05 bits per heavy atom. The average Bonchev–Trinajstić information content (AvgIpc) is 2.37. The van der Waals surface area contributed by atoms with E-state index in [1.807, 2.05) is 0 Å². The maximum Gasteiger partial charge on any atom is 0.124 e. The SMILES string of the molecule is COc1c(C)cc(C(Br)c2ccc(Br)cc2C)cc1C. The molecule has 0 saturated heterocycles. The molecule has 0 heterocycles. The Morgan fingerprint density at radius 1 is 0.950 bits per heavy atom. The van der Waals surface area contributed by atoms with Crippen molar-refractivity contribution in [2.75, 3.05) is 7.11 Å². The van der Waals surface area contributed by atoms with Gasteiger partial charge in [-0.2, -0.15) is 0 Å². The average molecular weight is 398 g/mol. The number of methoxy groups -OCH3 is 1. The Hall–Kier alpha value is -0.800. The highest BCUT2D eigenvalue weighted by molar-refractivity contribution is 9.10. The zero-order valence-electron chi connectivity index (χ0n) is 12.1. The molecular weight excluding hydrogens is 380 g/mol. The predicted octanol–water partition coefficient (Wildman–Crippen LogP) is 5.87. The van der Waals surface area contributed by atoms with Crippen LogP contribution in [0.25, 0.3) is 0 Å². The fourth-order valence-electron chi connectivity index (χ4n) is 2.56. The van der Waals surface area contributed by atoms with Crippen LogP contribution in [0, 0.1) is 20.8 Å². The molecule has 1 unspecified atom stereocenters. The van der Waals surface area contributed by atoms with Gasteiger partial charge in [0.2, 0.25) is 0 Å². The van der Waals surface area contributed by atoms with E-state index in [-0.39, 0.29) is 4.83 Å². The quantitative estimate of drug-likeness (QED) is 0.588. The molecule has 20 heavy (non-hydrogen) atoms. The summed E-state index contributed by atoms with van der Waals surface area (Å²) in [6.07, 6.45) is 0. The molecule has 0 aliphatic carbocycles. The molecule has 0 amide bonds. The van der Waals surface area contributed by atoms with Crippen LogP contribution >= 0.6 is 31.9 Å². The van der Waals surface area contributed by atoms with Crippen molar-refractivity contribution in [3.63, 3.8) is 0 Å². The molecule has 0 radical (unpaired) electrons. The number of hydrogen-bond donors (Lipinski definition) is 0. The highest BCUT2D eigenvalue weighted by atomic mass is 79.9. The van der Waals surface area contributed by atoms with E-state index in [1.54, 1.807) is 7.11 Å². The van der Waals surface area contributed by atoms with Gasteiger partial charge in [0, 0.05) is 4.47 Å². The number of aryl methyl sites for hydroxylation is 3. The molecule has 0 fully saturated rings. The van der Waals surface area contributed by atoms with Gasteiger partial charge >= 0.3 is 0 Å².